The molecule has 1 aromatic carbocycles. The minimum atomic E-state index is -0.370. The summed E-state index contributed by atoms with van der Waals surface area (Å²) in [6, 6.07) is 4.36. The number of carbonyl (C=O) groups is 2. The fourth-order valence-corrected chi connectivity index (χ4v) is 5.35. The van der Waals surface area contributed by atoms with E-state index in [0.29, 0.717) is 35.4 Å². The fourth-order valence-electron chi connectivity index (χ4n) is 5.35. The maximum atomic E-state index is 13.9. The molecule has 1 fully saturated rings. The summed E-state index contributed by atoms with van der Waals surface area (Å²) in [7, 11) is 0. The molecule has 1 aliphatic carbocycles. The van der Waals surface area contributed by atoms with Crippen LogP contribution >= 0.6 is 0 Å². The number of aryl methyl sites for hydroxylation is 1. The van der Waals surface area contributed by atoms with E-state index in [1.165, 1.54) is 31.4 Å². The van der Waals surface area contributed by atoms with Crippen molar-refractivity contribution in [2.45, 2.75) is 45.4 Å². The average Bonchev–Trinajstić information content (AvgIpc) is 3.29. The number of halogens is 1. The van der Waals surface area contributed by atoms with Crippen molar-refractivity contribution in [1.29, 1.82) is 0 Å². The maximum Gasteiger partial charge on any atom is 0.256 e. The van der Waals surface area contributed by atoms with Crippen LogP contribution in [0.5, 0.6) is 0 Å². The van der Waals surface area contributed by atoms with Gasteiger partial charge < -0.3 is 20.5 Å². The normalized spacial score (nSPS) is 20.6. The number of benzene rings is 1. The summed E-state index contributed by atoms with van der Waals surface area (Å²) in [5, 5.41) is 5.94. The molecule has 7 heteroatoms. The van der Waals surface area contributed by atoms with Gasteiger partial charge in [0.2, 0.25) is 0 Å². The lowest BCUT2D eigenvalue weighted by Gasteiger charge is -2.26. The SMILES string of the molecule is Cc1[nH]c2c(c1C(=O)NCCN1CCCCC1)CCC/C2=C1/C(=O)Nc2ccc(F)cc21. The van der Waals surface area contributed by atoms with Crippen molar-refractivity contribution in [2.75, 3.05) is 31.5 Å². The predicted octanol–water partition coefficient (Wildman–Crippen LogP) is 3.88. The first-order valence-electron chi connectivity index (χ1n) is 11.6. The topological polar surface area (TPSA) is 77.2 Å². The minimum Gasteiger partial charge on any atom is -0.358 e. The first-order chi connectivity index (χ1) is 15.5. The molecule has 2 aliphatic heterocycles. The van der Waals surface area contributed by atoms with Crippen molar-refractivity contribution >= 4 is 28.6 Å². The van der Waals surface area contributed by atoms with E-state index in [9.17, 15) is 14.0 Å². The number of hydrogen-bond donors (Lipinski definition) is 3. The number of piperidine rings is 1. The van der Waals surface area contributed by atoms with Crippen LogP contribution in [0.4, 0.5) is 10.1 Å². The van der Waals surface area contributed by atoms with Crippen molar-refractivity contribution < 1.29 is 14.0 Å². The van der Waals surface area contributed by atoms with Gasteiger partial charge >= 0.3 is 0 Å². The lowest BCUT2D eigenvalue weighted by atomic mass is 9.86. The van der Waals surface area contributed by atoms with Crippen LogP contribution in [-0.2, 0) is 11.2 Å². The zero-order valence-electron chi connectivity index (χ0n) is 18.4. The molecule has 3 heterocycles. The summed E-state index contributed by atoms with van der Waals surface area (Å²) in [4.78, 5) is 31.6. The number of rotatable bonds is 4. The van der Waals surface area contributed by atoms with E-state index >= 15 is 0 Å². The van der Waals surface area contributed by atoms with E-state index in [0.717, 1.165) is 55.0 Å². The smallest absolute Gasteiger partial charge is 0.256 e. The first-order valence-corrected chi connectivity index (χ1v) is 11.6. The molecule has 0 unspecified atom stereocenters. The number of carbonyl (C=O) groups excluding carboxylic acids is 2. The Morgan fingerprint density at radius 1 is 1.16 bits per heavy atom. The van der Waals surface area contributed by atoms with Gasteiger partial charge in [0.25, 0.3) is 11.8 Å². The number of nitrogens with one attached hydrogen (secondary N) is 3. The highest BCUT2D eigenvalue weighted by atomic mass is 19.1. The lowest BCUT2D eigenvalue weighted by Crippen LogP contribution is -2.38. The standard InChI is InChI=1S/C25H29FN4O2/c1-15-21(24(31)27-10-13-30-11-3-2-4-12-30)17-6-5-7-18(23(17)28-15)22-19-14-16(26)8-9-20(19)29-25(22)32/h8-9,14,28H,2-7,10-13H2,1H3,(H,27,31)(H,29,32)/b22-18-. The molecule has 6 nitrogen and oxygen atoms in total. The van der Waals surface area contributed by atoms with Crippen LogP contribution < -0.4 is 10.6 Å². The van der Waals surface area contributed by atoms with E-state index < -0.39 is 0 Å². The van der Waals surface area contributed by atoms with Gasteiger partial charge in [-0.15, -0.1) is 0 Å². The number of aromatic nitrogens is 1. The second kappa shape index (κ2) is 8.54. The number of aromatic amines is 1. The minimum absolute atomic E-state index is 0.0643. The van der Waals surface area contributed by atoms with Gasteiger partial charge in [0.05, 0.1) is 11.1 Å². The zero-order valence-corrected chi connectivity index (χ0v) is 18.4. The molecular weight excluding hydrogens is 407 g/mol. The number of allylic oxidation sites excluding steroid dienone is 1. The zero-order chi connectivity index (χ0) is 22.2. The molecular formula is C25H29FN4O2. The Morgan fingerprint density at radius 3 is 2.78 bits per heavy atom. The monoisotopic (exact) mass is 436 g/mol. The molecule has 0 spiro atoms. The Kier molecular flexibility index (Phi) is 5.59. The second-order valence-corrected chi connectivity index (χ2v) is 8.99. The van der Waals surface area contributed by atoms with Crippen LogP contribution in [-0.4, -0.2) is 47.9 Å². The van der Waals surface area contributed by atoms with Gasteiger partial charge in [0.15, 0.2) is 0 Å². The summed E-state index contributed by atoms with van der Waals surface area (Å²) in [6.07, 6.45) is 6.09. The van der Waals surface area contributed by atoms with E-state index in [1.807, 2.05) is 6.92 Å². The molecule has 32 heavy (non-hydrogen) atoms. The van der Waals surface area contributed by atoms with Crippen molar-refractivity contribution in [3.05, 3.63) is 52.1 Å². The van der Waals surface area contributed by atoms with Crippen LogP contribution in [0.25, 0.3) is 11.1 Å². The summed E-state index contributed by atoms with van der Waals surface area (Å²) in [5.74, 6) is -0.648. The Bertz CT molecular complexity index is 1110. The van der Waals surface area contributed by atoms with Crippen LogP contribution in [0.15, 0.2) is 18.2 Å². The van der Waals surface area contributed by atoms with Gasteiger partial charge in [0, 0.05) is 35.7 Å². The third kappa shape index (κ3) is 3.75. The van der Waals surface area contributed by atoms with E-state index in [-0.39, 0.29) is 17.6 Å². The Labute approximate surface area is 187 Å². The largest absolute Gasteiger partial charge is 0.358 e. The third-order valence-electron chi connectivity index (χ3n) is 6.86. The second-order valence-electron chi connectivity index (χ2n) is 8.99. The molecule has 2 amide bonds. The molecule has 3 aliphatic rings. The molecule has 0 atom stereocenters. The number of amides is 2. The fraction of sp³-hybridized carbons (Fsp3) is 0.440. The molecule has 2 aromatic rings. The third-order valence-corrected chi connectivity index (χ3v) is 6.86. The van der Waals surface area contributed by atoms with E-state index in [4.69, 9.17) is 0 Å². The quantitative estimate of drug-likeness (QED) is 0.637. The van der Waals surface area contributed by atoms with Crippen molar-refractivity contribution in [2.24, 2.45) is 0 Å². The average molecular weight is 437 g/mol. The molecule has 0 radical (unpaired) electrons. The Hall–Kier alpha value is -2.93. The van der Waals surface area contributed by atoms with Gasteiger partial charge in [-0.25, -0.2) is 4.39 Å². The molecule has 1 aromatic heterocycles. The molecule has 0 bridgehead atoms. The summed E-state index contributed by atoms with van der Waals surface area (Å²) in [5.41, 5.74) is 5.91. The molecule has 5 rings (SSSR count). The van der Waals surface area contributed by atoms with Gasteiger partial charge in [-0.3, -0.25) is 9.59 Å². The number of hydrogen-bond acceptors (Lipinski definition) is 3. The maximum absolute atomic E-state index is 13.9. The van der Waals surface area contributed by atoms with E-state index in [1.54, 1.807) is 6.07 Å². The number of fused-ring (bicyclic) bond motifs is 2. The number of likely N-dealkylation sites (tertiary alicyclic amines) is 1. The Balaban J connectivity index is 1.43. The van der Waals surface area contributed by atoms with Crippen molar-refractivity contribution in [3.63, 3.8) is 0 Å². The van der Waals surface area contributed by atoms with Crippen molar-refractivity contribution in [3.8, 4) is 0 Å². The van der Waals surface area contributed by atoms with Crippen LogP contribution in [0.3, 0.4) is 0 Å². The van der Waals surface area contributed by atoms with E-state index in [2.05, 4.69) is 20.5 Å². The first kappa shape index (κ1) is 20.9. The highest BCUT2D eigenvalue weighted by molar-refractivity contribution is 6.36. The van der Waals surface area contributed by atoms with Gasteiger partial charge in [0.1, 0.15) is 5.82 Å². The number of nitrogens with zero attached hydrogens (tertiary/aromatic N) is 1. The van der Waals surface area contributed by atoms with Crippen LogP contribution in [0.2, 0.25) is 0 Å². The molecule has 168 valence electrons. The predicted molar refractivity (Wildman–Crippen MR) is 123 cm³/mol. The summed E-state index contributed by atoms with van der Waals surface area (Å²) in [6.45, 7) is 5.62. The lowest BCUT2D eigenvalue weighted by molar-refractivity contribution is -0.110. The number of anilines is 1. The van der Waals surface area contributed by atoms with Crippen molar-refractivity contribution in [1.82, 2.24) is 15.2 Å². The van der Waals surface area contributed by atoms with Gasteiger partial charge in [-0.05, 0) is 81.5 Å². The highest BCUT2D eigenvalue weighted by Crippen LogP contribution is 2.43. The highest BCUT2D eigenvalue weighted by Gasteiger charge is 2.33. The molecule has 1 saturated heterocycles. The Morgan fingerprint density at radius 2 is 1.97 bits per heavy atom. The summed E-state index contributed by atoms with van der Waals surface area (Å²) >= 11 is 0. The van der Waals surface area contributed by atoms with Gasteiger partial charge in [-0.2, -0.15) is 0 Å². The summed E-state index contributed by atoms with van der Waals surface area (Å²) < 4.78 is 13.9. The van der Waals surface area contributed by atoms with Crippen LogP contribution in [0, 0.1) is 12.7 Å². The molecule has 3 N–H and O–H groups in total. The van der Waals surface area contributed by atoms with Crippen LogP contribution in [0.1, 0.15) is 65.0 Å². The number of H-pyrrole nitrogens is 1. The van der Waals surface area contributed by atoms with Gasteiger partial charge in [-0.1, -0.05) is 6.42 Å². The molecule has 0 saturated carbocycles.